The molecule has 2 aromatic rings. The first-order chi connectivity index (χ1) is 9.54. The van der Waals surface area contributed by atoms with E-state index in [0.29, 0.717) is 6.54 Å². The molecule has 1 heterocycles. The number of benzene rings is 1. The van der Waals surface area contributed by atoms with Gasteiger partial charge in [0.2, 0.25) is 10.0 Å². The lowest BCUT2D eigenvalue weighted by Crippen LogP contribution is -2.22. The SMILES string of the molecule is O=S(=O)(NCc1cc2c(s1)CCC2)c1cccc(Br)c1. The van der Waals surface area contributed by atoms with Gasteiger partial charge in [-0.1, -0.05) is 22.0 Å². The van der Waals surface area contributed by atoms with Gasteiger partial charge in [0.25, 0.3) is 0 Å². The molecule has 1 aliphatic carbocycles. The fourth-order valence-corrected chi connectivity index (χ4v) is 5.26. The number of hydrogen-bond acceptors (Lipinski definition) is 3. The first kappa shape index (κ1) is 14.3. The highest BCUT2D eigenvalue weighted by molar-refractivity contribution is 9.10. The van der Waals surface area contributed by atoms with Gasteiger partial charge in [0.15, 0.2) is 0 Å². The van der Waals surface area contributed by atoms with Gasteiger partial charge in [-0.15, -0.1) is 11.3 Å². The Hall–Kier alpha value is -0.690. The predicted molar refractivity (Wildman–Crippen MR) is 84.5 cm³/mol. The summed E-state index contributed by atoms with van der Waals surface area (Å²) in [6, 6.07) is 8.87. The summed E-state index contributed by atoms with van der Waals surface area (Å²) in [5.74, 6) is 0. The molecule has 0 aliphatic heterocycles. The van der Waals surface area contributed by atoms with Crippen LogP contribution in [0.2, 0.25) is 0 Å². The maximum absolute atomic E-state index is 12.2. The Morgan fingerprint density at radius 3 is 2.85 bits per heavy atom. The molecule has 6 heteroatoms. The average Bonchev–Trinajstić information content (AvgIpc) is 2.97. The van der Waals surface area contributed by atoms with Crippen LogP contribution < -0.4 is 4.72 Å². The Kier molecular flexibility index (Phi) is 3.99. The van der Waals surface area contributed by atoms with Crippen LogP contribution in [0.5, 0.6) is 0 Å². The van der Waals surface area contributed by atoms with Crippen LogP contribution in [0.15, 0.2) is 39.7 Å². The minimum atomic E-state index is -3.45. The molecule has 0 radical (unpaired) electrons. The van der Waals surface area contributed by atoms with Gasteiger partial charge in [-0.25, -0.2) is 13.1 Å². The van der Waals surface area contributed by atoms with E-state index in [2.05, 4.69) is 26.7 Å². The van der Waals surface area contributed by atoms with Crippen LogP contribution in [0.25, 0.3) is 0 Å². The highest BCUT2D eigenvalue weighted by atomic mass is 79.9. The van der Waals surface area contributed by atoms with Gasteiger partial charge < -0.3 is 0 Å². The number of nitrogens with one attached hydrogen (secondary N) is 1. The molecule has 1 aliphatic rings. The van der Waals surface area contributed by atoms with Gasteiger partial charge in [0.05, 0.1) is 4.90 Å². The van der Waals surface area contributed by atoms with Crippen molar-refractivity contribution in [1.29, 1.82) is 0 Å². The third-order valence-corrected chi connectivity index (χ3v) is 6.47. The van der Waals surface area contributed by atoms with E-state index in [1.807, 2.05) is 6.07 Å². The van der Waals surface area contributed by atoms with E-state index in [1.54, 1.807) is 29.5 Å². The van der Waals surface area contributed by atoms with Crippen LogP contribution in [-0.2, 0) is 29.4 Å². The van der Waals surface area contributed by atoms with Crippen molar-refractivity contribution < 1.29 is 8.42 Å². The Bertz CT molecular complexity index is 716. The topological polar surface area (TPSA) is 46.2 Å². The van der Waals surface area contributed by atoms with Gasteiger partial charge in [-0.05, 0) is 49.1 Å². The average molecular weight is 372 g/mol. The zero-order valence-corrected chi connectivity index (χ0v) is 13.9. The molecule has 0 amide bonds. The van der Waals surface area contributed by atoms with Gasteiger partial charge in [-0.3, -0.25) is 0 Å². The number of aryl methyl sites for hydroxylation is 2. The van der Waals surface area contributed by atoms with Crippen LogP contribution >= 0.6 is 27.3 Å². The molecule has 0 fully saturated rings. The third-order valence-electron chi connectivity index (χ3n) is 3.34. The fraction of sp³-hybridized carbons (Fsp3) is 0.286. The fourth-order valence-electron chi connectivity index (χ4n) is 2.36. The van der Waals surface area contributed by atoms with E-state index >= 15 is 0 Å². The summed E-state index contributed by atoms with van der Waals surface area (Å²) in [5.41, 5.74) is 1.40. The molecule has 1 aromatic carbocycles. The first-order valence-electron chi connectivity index (χ1n) is 6.40. The molecule has 20 heavy (non-hydrogen) atoms. The van der Waals surface area contributed by atoms with Crippen molar-refractivity contribution in [2.24, 2.45) is 0 Å². The van der Waals surface area contributed by atoms with Crippen LogP contribution in [0.4, 0.5) is 0 Å². The minimum Gasteiger partial charge on any atom is -0.207 e. The number of thiophene rings is 1. The van der Waals surface area contributed by atoms with Gasteiger partial charge >= 0.3 is 0 Å². The molecule has 1 N–H and O–H groups in total. The smallest absolute Gasteiger partial charge is 0.207 e. The standard InChI is InChI=1S/C14H14BrNO2S2/c15-11-4-2-5-13(8-11)20(17,18)16-9-12-7-10-3-1-6-14(10)19-12/h2,4-5,7-8,16H,1,3,6,9H2. The number of halogens is 1. The number of sulfonamides is 1. The molecule has 0 saturated carbocycles. The molecule has 3 nitrogen and oxygen atoms in total. The molecule has 106 valence electrons. The number of rotatable bonds is 4. The first-order valence-corrected chi connectivity index (χ1v) is 9.49. The van der Waals surface area contributed by atoms with E-state index in [1.165, 1.54) is 16.9 Å². The second kappa shape index (κ2) is 5.60. The van der Waals surface area contributed by atoms with Crippen molar-refractivity contribution in [3.63, 3.8) is 0 Å². The second-order valence-electron chi connectivity index (χ2n) is 4.80. The summed E-state index contributed by atoms with van der Waals surface area (Å²) in [4.78, 5) is 2.80. The molecule has 0 saturated heterocycles. The van der Waals surface area contributed by atoms with Crippen molar-refractivity contribution in [1.82, 2.24) is 4.72 Å². The summed E-state index contributed by atoms with van der Waals surface area (Å²) < 4.78 is 27.8. The van der Waals surface area contributed by atoms with Crippen LogP contribution in [-0.4, -0.2) is 8.42 Å². The maximum atomic E-state index is 12.2. The Morgan fingerprint density at radius 1 is 1.25 bits per heavy atom. The maximum Gasteiger partial charge on any atom is 0.240 e. The van der Waals surface area contributed by atoms with E-state index in [4.69, 9.17) is 0 Å². The van der Waals surface area contributed by atoms with E-state index in [0.717, 1.165) is 22.2 Å². The number of fused-ring (bicyclic) bond motifs is 1. The molecule has 3 rings (SSSR count). The quantitative estimate of drug-likeness (QED) is 0.893. The third kappa shape index (κ3) is 2.98. The summed E-state index contributed by atoms with van der Waals surface area (Å²) in [6.45, 7) is 0.368. The van der Waals surface area contributed by atoms with Gasteiger partial charge in [-0.2, -0.15) is 0 Å². The monoisotopic (exact) mass is 371 g/mol. The van der Waals surface area contributed by atoms with Crippen LogP contribution in [0.3, 0.4) is 0 Å². The van der Waals surface area contributed by atoms with Crippen molar-refractivity contribution in [3.05, 3.63) is 50.1 Å². The van der Waals surface area contributed by atoms with Crippen molar-refractivity contribution in [3.8, 4) is 0 Å². The lowest BCUT2D eigenvalue weighted by atomic mass is 10.2. The van der Waals surface area contributed by atoms with Crippen LogP contribution in [0.1, 0.15) is 21.7 Å². The molecular formula is C14H14BrNO2S2. The Labute approximate surface area is 131 Å². The van der Waals surface area contributed by atoms with Crippen molar-refractivity contribution >= 4 is 37.3 Å². The van der Waals surface area contributed by atoms with Crippen molar-refractivity contribution in [2.75, 3.05) is 0 Å². The van der Waals surface area contributed by atoms with E-state index < -0.39 is 10.0 Å². The molecule has 0 atom stereocenters. The zero-order chi connectivity index (χ0) is 14.2. The Morgan fingerprint density at radius 2 is 2.10 bits per heavy atom. The summed E-state index contributed by atoms with van der Waals surface area (Å²) in [5, 5.41) is 0. The van der Waals surface area contributed by atoms with Crippen LogP contribution in [0, 0.1) is 0 Å². The van der Waals surface area contributed by atoms with Gasteiger partial charge in [0.1, 0.15) is 0 Å². The lowest BCUT2D eigenvalue weighted by Gasteiger charge is -2.06. The Balaban J connectivity index is 1.73. The largest absolute Gasteiger partial charge is 0.240 e. The predicted octanol–water partition coefficient (Wildman–Crippen LogP) is 3.48. The molecule has 0 unspecified atom stereocenters. The molecule has 0 bridgehead atoms. The lowest BCUT2D eigenvalue weighted by molar-refractivity contribution is 0.581. The van der Waals surface area contributed by atoms with E-state index in [9.17, 15) is 8.42 Å². The highest BCUT2D eigenvalue weighted by Gasteiger charge is 2.17. The molecule has 0 spiro atoms. The molecular weight excluding hydrogens is 358 g/mol. The number of hydrogen-bond donors (Lipinski definition) is 1. The second-order valence-corrected chi connectivity index (χ2v) is 8.70. The van der Waals surface area contributed by atoms with E-state index in [-0.39, 0.29) is 4.90 Å². The van der Waals surface area contributed by atoms with Gasteiger partial charge in [0, 0.05) is 20.8 Å². The highest BCUT2D eigenvalue weighted by Crippen LogP contribution is 2.30. The summed E-state index contributed by atoms with van der Waals surface area (Å²) in [6.07, 6.45) is 3.49. The summed E-state index contributed by atoms with van der Waals surface area (Å²) in [7, 11) is -3.45. The molecule has 1 aromatic heterocycles. The van der Waals surface area contributed by atoms with Crippen molar-refractivity contribution in [2.45, 2.75) is 30.7 Å². The minimum absolute atomic E-state index is 0.288. The normalized spacial score (nSPS) is 14.4. The zero-order valence-electron chi connectivity index (χ0n) is 10.7. The summed E-state index contributed by atoms with van der Waals surface area (Å²) >= 11 is 5.02.